The number of aliphatic imine (C=N–C) groups is 1. The van der Waals surface area contributed by atoms with Gasteiger partial charge in [-0.1, -0.05) is 44.5 Å². The van der Waals surface area contributed by atoms with Crippen LogP contribution in [0.1, 0.15) is 75.8 Å². The fourth-order valence-electron chi connectivity index (χ4n) is 5.80. The number of nitro groups is 1. The zero-order valence-corrected chi connectivity index (χ0v) is 26.9. The summed E-state index contributed by atoms with van der Waals surface area (Å²) >= 11 is 0. The number of methoxy groups -OCH3 is 1. The summed E-state index contributed by atoms with van der Waals surface area (Å²) in [4.78, 5) is 42.6. The van der Waals surface area contributed by atoms with Gasteiger partial charge in [-0.25, -0.2) is 4.79 Å². The molecule has 2 aliphatic heterocycles. The maximum atomic E-state index is 13.7. The van der Waals surface area contributed by atoms with E-state index in [-0.39, 0.29) is 24.2 Å². The molecule has 4 rings (SSSR count). The van der Waals surface area contributed by atoms with Gasteiger partial charge in [0.25, 0.3) is 5.69 Å². The lowest BCUT2D eigenvalue weighted by Gasteiger charge is -2.32. The number of hydrogen-bond donors (Lipinski definition) is 0. The second-order valence-electron chi connectivity index (χ2n) is 11.3. The third kappa shape index (κ3) is 9.23. The van der Waals surface area contributed by atoms with E-state index in [0.29, 0.717) is 61.6 Å². The van der Waals surface area contributed by atoms with Crippen molar-refractivity contribution in [1.29, 1.82) is 0 Å². The van der Waals surface area contributed by atoms with E-state index in [1.807, 2.05) is 38.1 Å². The van der Waals surface area contributed by atoms with Gasteiger partial charge in [0, 0.05) is 36.8 Å². The fourth-order valence-corrected chi connectivity index (χ4v) is 5.80. The molecule has 3 atom stereocenters. The van der Waals surface area contributed by atoms with Crippen molar-refractivity contribution in [1.82, 2.24) is 0 Å². The first-order chi connectivity index (χ1) is 22.4. The van der Waals surface area contributed by atoms with Crippen molar-refractivity contribution in [3.63, 3.8) is 0 Å². The van der Waals surface area contributed by atoms with Gasteiger partial charge >= 0.3 is 11.9 Å². The third-order valence-electron chi connectivity index (χ3n) is 8.10. The number of esters is 2. The minimum atomic E-state index is -0.918. The number of allylic oxidation sites excluding steroid dienone is 1. The van der Waals surface area contributed by atoms with E-state index in [1.165, 1.54) is 19.2 Å². The molecule has 1 fully saturated rings. The molecule has 3 unspecified atom stereocenters. The molecule has 46 heavy (non-hydrogen) atoms. The standard InChI is InChI=1S/C35H44N2O9/c1-4-10-29-33(31(25-11-8-12-26(23-25)37(40)41)32(34(38)42-3)28(5-2)36-29)35(39)46-21-9-20-43-27-16-14-24(15-17-27)18-22-45-30-13-6-7-19-44-30/h8,11-12,14-17,23,30-32H,4-7,9-10,13,18-22H2,1-3H3. The number of non-ortho nitro benzene ring substituents is 1. The Bertz CT molecular complexity index is 1400. The first-order valence-corrected chi connectivity index (χ1v) is 16.1. The van der Waals surface area contributed by atoms with Crippen LogP contribution >= 0.6 is 0 Å². The SMILES string of the molecule is CCCC1=C(C(=O)OCCCOc2ccc(CCOC3CCCCO3)cc2)C(c2cccc([N+](=O)[O-])c2)C(C(=O)OC)C(CC)=N1. The highest BCUT2D eigenvalue weighted by Crippen LogP contribution is 2.42. The van der Waals surface area contributed by atoms with Gasteiger partial charge in [0.1, 0.15) is 11.7 Å². The van der Waals surface area contributed by atoms with Crippen LogP contribution in [0.4, 0.5) is 5.69 Å². The molecular weight excluding hydrogens is 592 g/mol. The fraction of sp³-hybridized carbons (Fsp3) is 0.514. The van der Waals surface area contributed by atoms with Crippen LogP contribution in [0.3, 0.4) is 0 Å². The maximum absolute atomic E-state index is 13.7. The zero-order valence-electron chi connectivity index (χ0n) is 26.9. The summed E-state index contributed by atoms with van der Waals surface area (Å²) in [6.07, 6.45) is 5.92. The van der Waals surface area contributed by atoms with Crippen LogP contribution in [0.5, 0.6) is 5.75 Å². The molecular formula is C35H44N2O9. The van der Waals surface area contributed by atoms with E-state index < -0.39 is 28.7 Å². The topological polar surface area (TPSA) is 136 Å². The Morgan fingerprint density at radius 2 is 1.85 bits per heavy atom. The number of nitrogens with zero attached hydrogens (tertiary/aromatic N) is 2. The molecule has 0 aromatic heterocycles. The van der Waals surface area contributed by atoms with Crippen molar-refractivity contribution < 1.29 is 38.2 Å². The highest BCUT2D eigenvalue weighted by atomic mass is 16.7. The first kappa shape index (κ1) is 34.8. The predicted molar refractivity (Wildman–Crippen MR) is 172 cm³/mol. The summed E-state index contributed by atoms with van der Waals surface area (Å²) in [6.45, 7) is 5.61. The minimum absolute atomic E-state index is 0.0787. The van der Waals surface area contributed by atoms with Gasteiger partial charge in [0.05, 0.1) is 43.1 Å². The molecule has 11 heteroatoms. The van der Waals surface area contributed by atoms with Crippen molar-refractivity contribution in [3.05, 3.63) is 81.0 Å². The lowest BCUT2D eigenvalue weighted by atomic mass is 9.74. The Balaban J connectivity index is 1.39. The van der Waals surface area contributed by atoms with Gasteiger partial charge in [-0.2, -0.15) is 0 Å². The number of ether oxygens (including phenoxy) is 5. The normalized spacial score (nSPS) is 19.7. The molecule has 2 aliphatic rings. The molecule has 248 valence electrons. The smallest absolute Gasteiger partial charge is 0.336 e. The highest BCUT2D eigenvalue weighted by Gasteiger charge is 2.44. The molecule has 0 radical (unpaired) electrons. The van der Waals surface area contributed by atoms with Crippen molar-refractivity contribution in [3.8, 4) is 5.75 Å². The van der Waals surface area contributed by atoms with Gasteiger partial charge in [-0.3, -0.25) is 19.9 Å². The van der Waals surface area contributed by atoms with Crippen molar-refractivity contribution in [2.24, 2.45) is 10.9 Å². The lowest BCUT2D eigenvalue weighted by Crippen LogP contribution is -2.37. The van der Waals surface area contributed by atoms with E-state index in [0.717, 1.165) is 37.9 Å². The number of hydrogen-bond acceptors (Lipinski definition) is 10. The van der Waals surface area contributed by atoms with Gasteiger partial charge in [-0.15, -0.1) is 0 Å². The minimum Gasteiger partial charge on any atom is -0.493 e. The van der Waals surface area contributed by atoms with E-state index >= 15 is 0 Å². The highest BCUT2D eigenvalue weighted by molar-refractivity contribution is 6.07. The second-order valence-corrected chi connectivity index (χ2v) is 11.3. The van der Waals surface area contributed by atoms with E-state index in [9.17, 15) is 19.7 Å². The molecule has 0 spiro atoms. The van der Waals surface area contributed by atoms with E-state index in [4.69, 9.17) is 28.7 Å². The van der Waals surface area contributed by atoms with Crippen molar-refractivity contribution >= 4 is 23.3 Å². The Hall–Kier alpha value is -4.09. The van der Waals surface area contributed by atoms with Crippen LogP contribution in [0.2, 0.25) is 0 Å². The third-order valence-corrected chi connectivity index (χ3v) is 8.10. The zero-order chi connectivity index (χ0) is 32.9. The number of carbonyl (C=O) groups excluding carboxylic acids is 2. The Morgan fingerprint density at radius 1 is 1.04 bits per heavy atom. The second kappa shape index (κ2) is 17.6. The summed E-state index contributed by atoms with van der Waals surface area (Å²) in [6, 6.07) is 13.8. The quantitative estimate of drug-likeness (QED) is 0.0877. The number of benzene rings is 2. The molecule has 1 saturated heterocycles. The van der Waals surface area contributed by atoms with Gasteiger partial charge in [-0.05, 0) is 61.8 Å². The van der Waals surface area contributed by atoms with E-state index in [2.05, 4.69) is 0 Å². The van der Waals surface area contributed by atoms with Crippen LogP contribution in [0.25, 0.3) is 0 Å². The lowest BCUT2D eigenvalue weighted by molar-refractivity contribution is -0.384. The Labute approximate surface area is 270 Å². The summed E-state index contributed by atoms with van der Waals surface area (Å²) in [5.41, 5.74) is 2.76. The van der Waals surface area contributed by atoms with Crippen LogP contribution in [-0.4, -0.2) is 62.4 Å². The predicted octanol–water partition coefficient (Wildman–Crippen LogP) is 6.48. The van der Waals surface area contributed by atoms with Crippen LogP contribution in [-0.2, 0) is 35.0 Å². The molecule has 0 bridgehead atoms. The van der Waals surface area contributed by atoms with Gasteiger partial charge < -0.3 is 23.7 Å². The number of nitro benzene ring substituents is 1. The van der Waals surface area contributed by atoms with E-state index in [1.54, 1.807) is 12.1 Å². The molecule has 2 aromatic carbocycles. The average molecular weight is 637 g/mol. The van der Waals surface area contributed by atoms with Gasteiger partial charge in [0.2, 0.25) is 0 Å². The molecule has 2 heterocycles. The van der Waals surface area contributed by atoms with Gasteiger partial charge in [0.15, 0.2) is 6.29 Å². The number of carbonyl (C=O) groups is 2. The molecule has 0 amide bonds. The van der Waals surface area contributed by atoms with Crippen LogP contribution < -0.4 is 4.74 Å². The Kier molecular flexibility index (Phi) is 13.3. The maximum Gasteiger partial charge on any atom is 0.336 e. The summed E-state index contributed by atoms with van der Waals surface area (Å²) in [5.74, 6) is -2.23. The van der Waals surface area contributed by atoms with Crippen molar-refractivity contribution in [2.75, 3.05) is 33.5 Å². The molecule has 2 aromatic rings. The summed E-state index contributed by atoms with van der Waals surface area (Å²) in [5, 5.41) is 11.6. The number of rotatable bonds is 16. The summed E-state index contributed by atoms with van der Waals surface area (Å²) in [7, 11) is 1.28. The molecule has 0 aliphatic carbocycles. The largest absolute Gasteiger partial charge is 0.493 e. The van der Waals surface area contributed by atoms with Crippen molar-refractivity contribution in [2.45, 2.75) is 77.4 Å². The Morgan fingerprint density at radius 3 is 2.52 bits per heavy atom. The molecule has 0 saturated carbocycles. The monoisotopic (exact) mass is 636 g/mol. The summed E-state index contributed by atoms with van der Waals surface area (Å²) < 4.78 is 28.1. The molecule has 11 nitrogen and oxygen atoms in total. The molecule has 0 N–H and O–H groups in total. The van der Waals surface area contributed by atoms with Crippen LogP contribution in [0.15, 0.2) is 64.8 Å². The first-order valence-electron chi connectivity index (χ1n) is 16.1. The van der Waals surface area contributed by atoms with Crippen LogP contribution in [0, 0.1) is 16.0 Å². The average Bonchev–Trinajstić information content (AvgIpc) is 3.08.